The van der Waals surface area contributed by atoms with Crippen molar-refractivity contribution in [3.8, 4) is 0 Å². The highest BCUT2D eigenvalue weighted by atomic mass is 19.4. The molecule has 13 heteroatoms. The van der Waals surface area contributed by atoms with Crippen molar-refractivity contribution in [3.63, 3.8) is 0 Å². The minimum atomic E-state index is -5.02. The fourth-order valence-electron chi connectivity index (χ4n) is 4.64. The normalized spacial score (nSPS) is 17.5. The highest BCUT2D eigenvalue weighted by Gasteiger charge is 2.42. The standard InChI is InChI=1S/C26H30F6N4O3/c1-6-19-13-21(23-20(36(19)24(38)39-7-2)8-9-22(33-23)34(4)5)35(15(3)37)14-16-10-17(25(27,28)29)12-18(11-16)26(30,31)32/h8-12,19,21H,6-7,13-14H2,1-5H3/t19-,21+/m1/s1. The summed E-state index contributed by atoms with van der Waals surface area (Å²) < 4.78 is 86.1. The Hall–Kier alpha value is -3.51. The van der Waals surface area contributed by atoms with Gasteiger partial charge in [0.1, 0.15) is 5.82 Å². The predicted molar refractivity (Wildman–Crippen MR) is 132 cm³/mol. The van der Waals surface area contributed by atoms with E-state index in [1.165, 1.54) is 16.7 Å². The molecule has 2 amide bonds. The van der Waals surface area contributed by atoms with Crippen molar-refractivity contribution in [1.29, 1.82) is 0 Å². The van der Waals surface area contributed by atoms with Gasteiger partial charge in [-0.1, -0.05) is 6.92 Å². The lowest BCUT2D eigenvalue weighted by atomic mass is 9.91. The third-order valence-corrected chi connectivity index (χ3v) is 6.50. The minimum absolute atomic E-state index is 0.0484. The fraction of sp³-hybridized carbons (Fsp3) is 0.500. The lowest BCUT2D eigenvalue weighted by Gasteiger charge is -2.43. The zero-order valence-corrected chi connectivity index (χ0v) is 22.2. The Bertz CT molecular complexity index is 1180. The number of rotatable bonds is 6. The summed E-state index contributed by atoms with van der Waals surface area (Å²) >= 11 is 0. The van der Waals surface area contributed by atoms with Crippen molar-refractivity contribution in [3.05, 3.63) is 52.7 Å². The Kier molecular flexibility index (Phi) is 8.71. The summed E-state index contributed by atoms with van der Waals surface area (Å²) in [5, 5.41) is 0. The van der Waals surface area contributed by atoms with Crippen molar-refractivity contribution in [2.75, 3.05) is 30.5 Å². The number of fused-ring (bicyclic) bond motifs is 1. The SMILES string of the molecule is CCOC(=O)N1c2ccc(N(C)C)nc2[C@@H](N(Cc2cc(C(F)(F)F)cc(C(F)(F)F)c2)C(C)=O)C[C@H]1CC. The van der Waals surface area contributed by atoms with E-state index in [4.69, 9.17) is 4.74 Å². The number of nitrogens with zero attached hydrogens (tertiary/aromatic N) is 4. The van der Waals surface area contributed by atoms with Gasteiger partial charge in [-0.3, -0.25) is 9.69 Å². The molecule has 7 nitrogen and oxygen atoms in total. The van der Waals surface area contributed by atoms with Crippen molar-refractivity contribution in [2.24, 2.45) is 0 Å². The van der Waals surface area contributed by atoms with Gasteiger partial charge in [0, 0.05) is 33.6 Å². The Morgan fingerprint density at radius 2 is 1.62 bits per heavy atom. The third-order valence-electron chi connectivity index (χ3n) is 6.50. The average Bonchev–Trinajstić information content (AvgIpc) is 2.84. The molecule has 2 heterocycles. The summed E-state index contributed by atoms with van der Waals surface area (Å²) in [6.45, 7) is 4.25. The summed E-state index contributed by atoms with van der Waals surface area (Å²) in [5.41, 5.74) is -2.62. The van der Waals surface area contributed by atoms with Crippen LogP contribution < -0.4 is 9.80 Å². The second kappa shape index (κ2) is 11.3. The van der Waals surface area contributed by atoms with Gasteiger partial charge in [0.2, 0.25) is 5.91 Å². The number of amides is 2. The smallest absolute Gasteiger partial charge is 0.416 e. The maximum absolute atomic E-state index is 13.5. The zero-order valence-electron chi connectivity index (χ0n) is 22.2. The molecule has 214 valence electrons. The van der Waals surface area contributed by atoms with Crippen LogP contribution in [0.4, 0.5) is 42.6 Å². The Morgan fingerprint density at radius 1 is 1.03 bits per heavy atom. The first-order valence-electron chi connectivity index (χ1n) is 12.3. The topological polar surface area (TPSA) is 66.0 Å². The molecule has 0 fully saturated rings. The Labute approximate surface area is 222 Å². The molecule has 0 N–H and O–H groups in total. The van der Waals surface area contributed by atoms with Gasteiger partial charge >= 0.3 is 18.4 Å². The number of hydrogen-bond donors (Lipinski definition) is 0. The van der Waals surface area contributed by atoms with Gasteiger partial charge in [0.15, 0.2) is 0 Å². The van der Waals surface area contributed by atoms with E-state index < -0.39 is 54.1 Å². The van der Waals surface area contributed by atoms with Crippen LogP contribution in [0.25, 0.3) is 0 Å². The van der Waals surface area contributed by atoms with E-state index >= 15 is 0 Å². The third kappa shape index (κ3) is 6.56. The van der Waals surface area contributed by atoms with Gasteiger partial charge in [-0.25, -0.2) is 9.78 Å². The lowest BCUT2D eigenvalue weighted by molar-refractivity contribution is -0.143. The van der Waals surface area contributed by atoms with Gasteiger partial charge in [-0.15, -0.1) is 0 Å². The fourth-order valence-corrected chi connectivity index (χ4v) is 4.64. The first kappa shape index (κ1) is 30.0. The van der Waals surface area contributed by atoms with Crippen LogP contribution >= 0.6 is 0 Å². The van der Waals surface area contributed by atoms with E-state index in [1.54, 1.807) is 38.1 Å². The number of alkyl halides is 6. The molecule has 0 aliphatic carbocycles. The molecule has 39 heavy (non-hydrogen) atoms. The molecular formula is C26H30F6N4O3. The van der Waals surface area contributed by atoms with Gasteiger partial charge in [0.05, 0.1) is 35.2 Å². The monoisotopic (exact) mass is 560 g/mol. The average molecular weight is 561 g/mol. The van der Waals surface area contributed by atoms with Gasteiger partial charge < -0.3 is 14.5 Å². The molecule has 0 spiro atoms. The predicted octanol–water partition coefficient (Wildman–Crippen LogP) is 6.42. The number of hydrogen-bond acceptors (Lipinski definition) is 5. The summed E-state index contributed by atoms with van der Waals surface area (Å²) in [4.78, 5) is 34.7. The highest BCUT2D eigenvalue weighted by Crippen LogP contribution is 2.43. The molecule has 0 saturated carbocycles. The van der Waals surface area contributed by atoms with Crippen LogP contribution in [-0.4, -0.2) is 48.6 Å². The van der Waals surface area contributed by atoms with Crippen molar-refractivity contribution >= 4 is 23.5 Å². The molecule has 0 bridgehead atoms. The number of benzene rings is 1. The van der Waals surface area contributed by atoms with Gasteiger partial charge in [-0.05, 0) is 55.7 Å². The summed E-state index contributed by atoms with van der Waals surface area (Å²) in [6, 6.07) is 3.28. The number of ether oxygens (including phenoxy) is 1. The quantitative estimate of drug-likeness (QED) is 0.382. The molecule has 0 saturated heterocycles. The van der Waals surface area contributed by atoms with E-state index in [9.17, 15) is 35.9 Å². The highest BCUT2D eigenvalue weighted by molar-refractivity contribution is 5.90. The first-order chi connectivity index (χ1) is 18.1. The first-order valence-corrected chi connectivity index (χ1v) is 12.3. The molecule has 1 aliphatic heterocycles. The van der Waals surface area contributed by atoms with Crippen LogP contribution in [0.15, 0.2) is 30.3 Å². The van der Waals surface area contributed by atoms with Crippen LogP contribution in [0.5, 0.6) is 0 Å². The molecule has 2 aromatic rings. The lowest BCUT2D eigenvalue weighted by Crippen LogP contribution is -2.48. The number of carbonyl (C=O) groups is 2. The van der Waals surface area contributed by atoms with E-state index in [2.05, 4.69) is 4.98 Å². The second-order valence-corrected chi connectivity index (χ2v) is 9.41. The molecule has 2 atom stereocenters. The summed E-state index contributed by atoms with van der Waals surface area (Å²) in [7, 11) is 3.46. The minimum Gasteiger partial charge on any atom is -0.449 e. The summed E-state index contributed by atoms with van der Waals surface area (Å²) in [5.74, 6) is -0.0900. The number of carbonyl (C=O) groups excluding carboxylic acids is 2. The van der Waals surface area contributed by atoms with Crippen molar-refractivity contribution in [2.45, 2.75) is 64.6 Å². The number of anilines is 2. The van der Waals surface area contributed by atoms with E-state index in [0.717, 1.165) is 0 Å². The molecule has 0 radical (unpaired) electrons. The van der Waals surface area contributed by atoms with Gasteiger partial charge in [-0.2, -0.15) is 26.3 Å². The number of aromatic nitrogens is 1. The van der Waals surface area contributed by atoms with Gasteiger partial charge in [0.25, 0.3) is 0 Å². The van der Waals surface area contributed by atoms with Crippen LogP contribution in [0, 0.1) is 0 Å². The zero-order chi connectivity index (χ0) is 29.3. The molecule has 1 aliphatic rings. The van der Waals surface area contributed by atoms with Crippen LogP contribution in [-0.2, 0) is 28.4 Å². The van der Waals surface area contributed by atoms with E-state index in [-0.39, 0.29) is 30.4 Å². The maximum atomic E-state index is 13.5. The van der Waals surface area contributed by atoms with E-state index in [1.807, 2.05) is 6.92 Å². The molecule has 1 aromatic heterocycles. The largest absolute Gasteiger partial charge is 0.449 e. The summed E-state index contributed by atoms with van der Waals surface area (Å²) in [6.07, 6.45) is -10.1. The van der Waals surface area contributed by atoms with Crippen molar-refractivity contribution < 1.29 is 40.7 Å². The van der Waals surface area contributed by atoms with Crippen molar-refractivity contribution in [1.82, 2.24) is 9.88 Å². The number of halogens is 6. The van der Waals surface area contributed by atoms with Crippen LogP contribution in [0.2, 0.25) is 0 Å². The maximum Gasteiger partial charge on any atom is 0.416 e. The molecule has 0 unspecified atom stereocenters. The second-order valence-electron chi connectivity index (χ2n) is 9.41. The number of pyridine rings is 1. The molecular weight excluding hydrogens is 530 g/mol. The molecule has 3 rings (SSSR count). The Balaban J connectivity index is 2.17. The van der Waals surface area contributed by atoms with Crippen LogP contribution in [0.1, 0.15) is 62.0 Å². The van der Waals surface area contributed by atoms with Crippen LogP contribution in [0.3, 0.4) is 0 Å². The Morgan fingerprint density at radius 3 is 2.08 bits per heavy atom. The molecule has 1 aromatic carbocycles. The van der Waals surface area contributed by atoms with E-state index in [0.29, 0.717) is 30.1 Å².